The number of nitrogens with zero attached hydrogens (tertiary/aromatic N) is 1. The van der Waals surface area contributed by atoms with Crippen LogP contribution in [0.25, 0.3) is 0 Å². The van der Waals surface area contributed by atoms with Crippen molar-refractivity contribution in [2.75, 3.05) is 7.11 Å². The monoisotopic (exact) mass is 181 g/mol. The largest absolute Gasteiger partial charge is 0.390 e. The van der Waals surface area contributed by atoms with Gasteiger partial charge < -0.3 is 9.84 Å². The van der Waals surface area contributed by atoms with E-state index in [0.29, 0.717) is 5.69 Å². The summed E-state index contributed by atoms with van der Waals surface area (Å²) in [7, 11) is 1.67. The molecule has 1 aromatic rings. The Labute approximate surface area is 78.4 Å². The maximum Gasteiger partial charge on any atom is 0.0886 e. The van der Waals surface area contributed by atoms with Crippen LogP contribution >= 0.6 is 0 Å². The van der Waals surface area contributed by atoms with Gasteiger partial charge in [0.2, 0.25) is 0 Å². The fraction of sp³-hybridized carbons (Fsp3) is 0.500. The van der Waals surface area contributed by atoms with E-state index in [0.717, 1.165) is 5.56 Å². The average molecular weight is 181 g/mol. The molecular weight excluding hydrogens is 166 g/mol. The van der Waals surface area contributed by atoms with Crippen LogP contribution < -0.4 is 0 Å². The van der Waals surface area contributed by atoms with E-state index < -0.39 is 0 Å². The fourth-order valence-corrected chi connectivity index (χ4v) is 0.992. The molecule has 0 fully saturated rings. The van der Waals surface area contributed by atoms with Crippen molar-refractivity contribution in [3.8, 4) is 0 Å². The zero-order valence-electron chi connectivity index (χ0n) is 8.24. The van der Waals surface area contributed by atoms with Gasteiger partial charge in [0.25, 0.3) is 0 Å². The minimum atomic E-state index is -0.318. The van der Waals surface area contributed by atoms with Crippen molar-refractivity contribution in [3.63, 3.8) is 0 Å². The molecule has 1 rings (SSSR count). The summed E-state index contributed by atoms with van der Waals surface area (Å²) >= 11 is 0. The highest BCUT2D eigenvalue weighted by molar-refractivity contribution is 5.19. The molecule has 0 saturated carbocycles. The molecule has 3 nitrogen and oxygen atoms in total. The molecule has 0 amide bonds. The second-order valence-electron chi connectivity index (χ2n) is 3.41. The first-order valence-corrected chi connectivity index (χ1v) is 4.21. The lowest BCUT2D eigenvalue weighted by Crippen LogP contribution is -2.19. The van der Waals surface area contributed by atoms with Gasteiger partial charge in [-0.15, -0.1) is 0 Å². The molecule has 1 heterocycles. The third kappa shape index (κ3) is 2.26. The first-order valence-electron chi connectivity index (χ1n) is 4.21. The van der Waals surface area contributed by atoms with Crippen molar-refractivity contribution >= 4 is 0 Å². The number of pyridine rings is 1. The van der Waals surface area contributed by atoms with Crippen LogP contribution in [0.3, 0.4) is 0 Å². The molecule has 1 N–H and O–H groups in total. The summed E-state index contributed by atoms with van der Waals surface area (Å²) in [6.45, 7) is 3.93. The molecule has 0 unspecified atom stereocenters. The summed E-state index contributed by atoms with van der Waals surface area (Å²) in [5, 5.41) is 8.79. The Balaban J connectivity index is 2.92. The lowest BCUT2D eigenvalue weighted by atomic mass is 10.00. The van der Waals surface area contributed by atoms with Gasteiger partial charge in [0.05, 0.1) is 17.9 Å². The van der Waals surface area contributed by atoms with Crippen LogP contribution in [0.2, 0.25) is 0 Å². The molecule has 0 aliphatic carbocycles. The summed E-state index contributed by atoms with van der Waals surface area (Å²) < 4.78 is 5.29. The lowest BCUT2D eigenvalue weighted by molar-refractivity contribution is 0.0189. The van der Waals surface area contributed by atoms with Gasteiger partial charge in [-0.3, -0.25) is 4.98 Å². The van der Waals surface area contributed by atoms with E-state index in [4.69, 9.17) is 9.84 Å². The van der Waals surface area contributed by atoms with Crippen LogP contribution in [0.1, 0.15) is 25.1 Å². The Morgan fingerprint density at radius 3 is 2.54 bits per heavy atom. The number of rotatable bonds is 3. The van der Waals surface area contributed by atoms with Gasteiger partial charge in [0.1, 0.15) is 0 Å². The minimum absolute atomic E-state index is 0.0201. The van der Waals surface area contributed by atoms with E-state index in [1.54, 1.807) is 19.4 Å². The quantitative estimate of drug-likeness (QED) is 0.767. The predicted octanol–water partition coefficient (Wildman–Crippen LogP) is 1.46. The van der Waals surface area contributed by atoms with Gasteiger partial charge in [-0.05, 0) is 19.9 Å². The minimum Gasteiger partial charge on any atom is -0.390 e. The van der Waals surface area contributed by atoms with Gasteiger partial charge in [-0.1, -0.05) is 6.07 Å². The first-order chi connectivity index (χ1) is 6.10. The fourth-order valence-electron chi connectivity index (χ4n) is 0.992. The van der Waals surface area contributed by atoms with Crippen LogP contribution in [0.4, 0.5) is 0 Å². The standard InChI is InChI=1S/C10H15NO2/c1-10(2,13-3)8-4-5-9(7-12)11-6-8/h4-6,12H,7H2,1-3H3. The first kappa shape index (κ1) is 10.2. The van der Waals surface area contributed by atoms with Crippen LogP contribution in [-0.4, -0.2) is 17.2 Å². The molecular formula is C10H15NO2. The van der Waals surface area contributed by atoms with E-state index in [1.165, 1.54) is 0 Å². The van der Waals surface area contributed by atoms with Gasteiger partial charge >= 0.3 is 0 Å². The number of ether oxygens (including phenoxy) is 1. The van der Waals surface area contributed by atoms with Crippen molar-refractivity contribution in [2.45, 2.75) is 26.1 Å². The Kier molecular flexibility index (Phi) is 3.01. The molecule has 0 spiro atoms. The molecule has 1 aromatic heterocycles. The third-order valence-corrected chi connectivity index (χ3v) is 2.19. The number of hydrogen-bond acceptors (Lipinski definition) is 3. The van der Waals surface area contributed by atoms with E-state index in [9.17, 15) is 0 Å². The summed E-state index contributed by atoms with van der Waals surface area (Å²) in [6, 6.07) is 3.72. The van der Waals surface area contributed by atoms with Gasteiger partial charge in [-0.2, -0.15) is 0 Å². The highest BCUT2D eigenvalue weighted by atomic mass is 16.5. The maximum atomic E-state index is 8.79. The van der Waals surface area contributed by atoms with Gasteiger partial charge in [0.15, 0.2) is 0 Å². The molecule has 3 heteroatoms. The van der Waals surface area contributed by atoms with Crippen LogP contribution in [0, 0.1) is 0 Å². The lowest BCUT2D eigenvalue weighted by Gasteiger charge is -2.22. The number of aromatic nitrogens is 1. The molecule has 0 atom stereocenters. The normalized spacial score (nSPS) is 11.7. The van der Waals surface area contributed by atoms with E-state index in [1.807, 2.05) is 19.9 Å². The number of methoxy groups -OCH3 is 1. The molecule has 13 heavy (non-hydrogen) atoms. The molecule has 0 aromatic carbocycles. The van der Waals surface area contributed by atoms with Gasteiger partial charge in [-0.25, -0.2) is 0 Å². The highest BCUT2D eigenvalue weighted by Gasteiger charge is 2.19. The average Bonchev–Trinajstić information content (AvgIpc) is 2.18. The molecule has 72 valence electrons. The van der Waals surface area contributed by atoms with Crippen LogP contribution in [0.5, 0.6) is 0 Å². The Morgan fingerprint density at radius 1 is 1.46 bits per heavy atom. The molecule has 0 radical (unpaired) electrons. The van der Waals surface area contributed by atoms with Crippen molar-refractivity contribution in [2.24, 2.45) is 0 Å². The summed E-state index contributed by atoms with van der Waals surface area (Å²) in [4.78, 5) is 4.08. The van der Waals surface area contributed by atoms with E-state index >= 15 is 0 Å². The topological polar surface area (TPSA) is 42.4 Å². The molecule has 0 aliphatic heterocycles. The SMILES string of the molecule is COC(C)(C)c1ccc(CO)nc1. The smallest absolute Gasteiger partial charge is 0.0886 e. The highest BCUT2D eigenvalue weighted by Crippen LogP contribution is 2.22. The Hall–Kier alpha value is -0.930. The Bertz CT molecular complexity index is 267. The van der Waals surface area contributed by atoms with Crippen molar-refractivity contribution in [1.29, 1.82) is 0 Å². The number of aliphatic hydroxyl groups excluding tert-OH is 1. The Morgan fingerprint density at radius 2 is 2.15 bits per heavy atom. The summed E-state index contributed by atoms with van der Waals surface area (Å²) in [6.07, 6.45) is 1.73. The number of aliphatic hydroxyl groups is 1. The van der Waals surface area contributed by atoms with Crippen molar-refractivity contribution in [1.82, 2.24) is 4.98 Å². The zero-order valence-corrected chi connectivity index (χ0v) is 8.24. The van der Waals surface area contributed by atoms with Crippen molar-refractivity contribution in [3.05, 3.63) is 29.6 Å². The van der Waals surface area contributed by atoms with Crippen LogP contribution in [0.15, 0.2) is 18.3 Å². The molecule has 0 bridgehead atoms. The predicted molar refractivity (Wildman–Crippen MR) is 50.2 cm³/mol. The maximum absolute atomic E-state index is 8.79. The second kappa shape index (κ2) is 3.85. The zero-order chi connectivity index (χ0) is 9.90. The number of hydrogen-bond donors (Lipinski definition) is 1. The summed E-state index contributed by atoms with van der Waals surface area (Å²) in [5.41, 5.74) is 1.36. The van der Waals surface area contributed by atoms with E-state index in [2.05, 4.69) is 4.98 Å². The van der Waals surface area contributed by atoms with E-state index in [-0.39, 0.29) is 12.2 Å². The molecule has 0 aliphatic rings. The molecule has 0 saturated heterocycles. The summed E-state index contributed by atoms with van der Waals surface area (Å²) in [5.74, 6) is 0. The van der Waals surface area contributed by atoms with Crippen molar-refractivity contribution < 1.29 is 9.84 Å². The van der Waals surface area contributed by atoms with Gasteiger partial charge in [0, 0.05) is 18.9 Å². The third-order valence-electron chi connectivity index (χ3n) is 2.19. The second-order valence-corrected chi connectivity index (χ2v) is 3.41. The van der Waals surface area contributed by atoms with Crippen LogP contribution in [-0.2, 0) is 16.9 Å².